The van der Waals surface area contributed by atoms with Gasteiger partial charge in [0.2, 0.25) is 5.91 Å². The Balaban J connectivity index is 1.42. The molecule has 1 unspecified atom stereocenters. The van der Waals surface area contributed by atoms with Gasteiger partial charge in [-0.25, -0.2) is 0 Å². The van der Waals surface area contributed by atoms with Crippen molar-refractivity contribution < 1.29 is 4.79 Å². The average Bonchev–Trinajstić information content (AvgIpc) is 2.70. The first-order chi connectivity index (χ1) is 13.1. The van der Waals surface area contributed by atoms with E-state index >= 15 is 0 Å². The van der Waals surface area contributed by atoms with Crippen molar-refractivity contribution in [3.8, 4) is 0 Å². The SMILES string of the molecule is CC1CCN(Cc2ccc(CNC(=O)CC(N)c3ccccc3)cc2)CC1. The third-order valence-corrected chi connectivity index (χ3v) is 5.43. The first-order valence-corrected chi connectivity index (χ1v) is 9.97. The van der Waals surface area contributed by atoms with Crippen molar-refractivity contribution in [3.05, 3.63) is 71.3 Å². The maximum Gasteiger partial charge on any atom is 0.222 e. The van der Waals surface area contributed by atoms with Crippen LogP contribution in [0.2, 0.25) is 0 Å². The number of nitrogens with one attached hydrogen (secondary N) is 1. The summed E-state index contributed by atoms with van der Waals surface area (Å²) in [5.74, 6) is 0.847. The first kappa shape index (κ1) is 19.6. The molecule has 0 bridgehead atoms. The molecule has 27 heavy (non-hydrogen) atoms. The fourth-order valence-corrected chi connectivity index (χ4v) is 3.53. The third kappa shape index (κ3) is 6.19. The summed E-state index contributed by atoms with van der Waals surface area (Å²) in [5, 5.41) is 2.98. The molecule has 1 aliphatic rings. The summed E-state index contributed by atoms with van der Waals surface area (Å²) in [6.07, 6.45) is 2.90. The van der Waals surface area contributed by atoms with E-state index in [2.05, 4.69) is 41.4 Å². The molecule has 0 aromatic heterocycles. The van der Waals surface area contributed by atoms with Crippen LogP contribution in [-0.2, 0) is 17.9 Å². The summed E-state index contributed by atoms with van der Waals surface area (Å²) >= 11 is 0. The maximum absolute atomic E-state index is 12.2. The highest BCUT2D eigenvalue weighted by molar-refractivity contribution is 5.76. The van der Waals surface area contributed by atoms with Gasteiger partial charge in [0.1, 0.15) is 0 Å². The van der Waals surface area contributed by atoms with Gasteiger partial charge in [0.25, 0.3) is 0 Å². The van der Waals surface area contributed by atoms with E-state index in [1.165, 1.54) is 31.5 Å². The molecule has 1 fully saturated rings. The normalized spacial score (nSPS) is 16.8. The van der Waals surface area contributed by atoms with Crippen molar-refractivity contribution >= 4 is 5.91 Å². The Morgan fingerprint density at radius 2 is 1.70 bits per heavy atom. The minimum atomic E-state index is -0.263. The van der Waals surface area contributed by atoms with E-state index in [9.17, 15) is 4.79 Å². The lowest BCUT2D eigenvalue weighted by Crippen LogP contribution is -2.32. The zero-order valence-electron chi connectivity index (χ0n) is 16.2. The fourth-order valence-electron chi connectivity index (χ4n) is 3.53. The lowest BCUT2D eigenvalue weighted by atomic mass is 9.99. The molecule has 1 amide bonds. The summed E-state index contributed by atoms with van der Waals surface area (Å²) in [7, 11) is 0. The zero-order chi connectivity index (χ0) is 19.1. The Hall–Kier alpha value is -2.17. The maximum atomic E-state index is 12.2. The summed E-state index contributed by atoms with van der Waals surface area (Å²) in [4.78, 5) is 14.7. The quantitative estimate of drug-likeness (QED) is 0.788. The molecule has 1 saturated heterocycles. The average molecular weight is 366 g/mol. The number of rotatable bonds is 7. The Morgan fingerprint density at radius 3 is 2.37 bits per heavy atom. The van der Waals surface area contributed by atoms with Crippen LogP contribution in [0.5, 0.6) is 0 Å². The van der Waals surface area contributed by atoms with E-state index in [4.69, 9.17) is 5.73 Å². The van der Waals surface area contributed by atoms with Crippen molar-refractivity contribution in [2.24, 2.45) is 11.7 Å². The number of carbonyl (C=O) groups is 1. The van der Waals surface area contributed by atoms with Gasteiger partial charge in [0.05, 0.1) is 0 Å². The van der Waals surface area contributed by atoms with Gasteiger partial charge in [-0.3, -0.25) is 9.69 Å². The molecule has 3 N–H and O–H groups in total. The molecule has 1 heterocycles. The molecule has 3 rings (SSSR count). The van der Waals surface area contributed by atoms with Crippen LogP contribution in [0.25, 0.3) is 0 Å². The highest BCUT2D eigenvalue weighted by atomic mass is 16.1. The number of nitrogens with two attached hydrogens (primary N) is 1. The number of amides is 1. The molecule has 1 aliphatic heterocycles. The van der Waals surface area contributed by atoms with E-state index in [0.717, 1.165) is 23.6 Å². The molecule has 0 aliphatic carbocycles. The Bertz CT molecular complexity index is 706. The van der Waals surface area contributed by atoms with Gasteiger partial charge in [-0.05, 0) is 48.5 Å². The Morgan fingerprint density at radius 1 is 1.07 bits per heavy atom. The van der Waals surface area contributed by atoms with E-state index in [0.29, 0.717) is 13.0 Å². The molecule has 2 aromatic rings. The van der Waals surface area contributed by atoms with Gasteiger partial charge >= 0.3 is 0 Å². The van der Waals surface area contributed by atoms with Gasteiger partial charge in [0.15, 0.2) is 0 Å². The summed E-state index contributed by atoms with van der Waals surface area (Å²) in [5.41, 5.74) is 9.56. The molecule has 144 valence electrons. The molecule has 4 nitrogen and oxygen atoms in total. The third-order valence-electron chi connectivity index (χ3n) is 5.43. The first-order valence-electron chi connectivity index (χ1n) is 9.97. The number of benzene rings is 2. The van der Waals surface area contributed by atoms with Crippen LogP contribution in [0, 0.1) is 5.92 Å². The highest BCUT2D eigenvalue weighted by Crippen LogP contribution is 2.18. The second-order valence-corrected chi connectivity index (χ2v) is 7.77. The number of piperidine rings is 1. The van der Waals surface area contributed by atoms with Gasteiger partial charge in [-0.15, -0.1) is 0 Å². The largest absolute Gasteiger partial charge is 0.352 e. The highest BCUT2D eigenvalue weighted by Gasteiger charge is 2.15. The van der Waals surface area contributed by atoms with Crippen molar-refractivity contribution in [2.75, 3.05) is 13.1 Å². The fraction of sp³-hybridized carbons (Fsp3) is 0.435. The molecule has 1 atom stereocenters. The number of hydrogen-bond acceptors (Lipinski definition) is 3. The summed E-state index contributed by atoms with van der Waals surface area (Å²) in [6, 6.07) is 18.1. The van der Waals surface area contributed by atoms with Crippen LogP contribution in [-0.4, -0.2) is 23.9 Å². The van der Waals surface area contributed by atoms with Gasteiger partial charge in [0, 0.05) is 25.6 Å². The molecule has 0 saturated carbocycles. The lowest BCUT2D eigenvalue weighted by molar-refractivity contribution is -0.121. The number of likely N-dealkylation sites (tertiary alicyclic amines) is 1. The number of carbonyl (C=O) groups excluding carboxylic acids is 1. The second kappa shape index (κ2) is 9.67. The summed E-state index contributed by atoms with van der Waals surface area (Å²) in [6.45, 7) is 6.29. The Kier molecular flexibility index (Phi) is 7.02. The monoisotopic (exact) mass is 365 g/mol. The minimum absolute atomic E-state index is 0.0159. The molecule has 2 aromatic carbocycles. The van der Waals surface area contributed by atoms with E-state index < -0.39 is 0 Å². The predicted octanol–water partition coefficient (Wildman–Crippen LogP) is 3.62. The number of nitrogens with zero attached hydrogens (tertiary/aromatic N) is 1. The van der Waals surface area contributed by atoms with Crippen molar-refractivity contribution in [1.29, 1.82) is 0 Å². The second-order valence-electron chi connectivity index (χ2n) is 7.77. The Labute approximate surface area is 162 Å². The predicted molar refractivity (Wildman–Crippen MR) is 110 cm³/mol. The smallest absolute Gasteiger partial charge is 0.222 e. The standard InChI is InChI=1S/C23H31N3O/c1-18-11-13-26(14-12-18)17-20-9-7-19(8-10-20)16-25-23(27)15-22(24)21-5-3-2-4-6-21/h2-10,18,22H,11-17,24H2,1H3,(H,25,27). The van der Waals surface area contributed by atoms with Crippen LogP contribution in [0.3, 0.4) is 0 Å². The zero-order valence-corrected chi connectivity index (χ0v) is 16.2. The van der Waals surface area contributed by atoms with E-state index in [1.54, 1.807) is 0 Å². The van der Waals surface area contributed by atoms with Crippen LogP contribution in [0.4, 0.5) is 0 Å². The minimum Gasteiger partial charge on any atom is -0.352 e. The van der Waals surface area contributed by atoms with E-state index in [-0.39, 0.29) is 11.9 Å². The van der Waals surface area contributed by atoms with Crippen molar-refractivity contribution in [1.82, 2.24) is 10.2 Å². The molecular formula is C23H31N3O. The van der Waals surface area contributed by atoms with Crippen LogP contribution in [0.1, 0.15) is 48.9 Å². The van der Waals surface area contributed by atoms with Crippen LogP contribution in [0.15, 0.2) is 54.6 Å². The summed E-state index contributed by atoms with van der Waals surface area (Å²) < 4.78 is 0. The van der Waals surface area contributed by atoms with Gasteiger partial charge in [-0.1, -0.05) is 61.5 Å². The molecule has 0 spiro atoms. The molecular weight excluding hydrogens is 334 g/mol. The van der Waals surface area contributed by atoms with Crippen molar-refractivity contribution in [3.63, 3.8) is 0 Å². The number of hydrogen-bond donors (Lipinski definition) is 2. The molecule has 4 heteroatoms. The lowest BCUT2D eigenvalue weighted by Gasteiger charge is -2.30. The van der Waals surface area contributed by atoms with Crippen molar-refractivity contribution in [2.45, 2.75) is 45.3 Å². The van der Waals surface area contributed by atoms with Gasteiger partial charge < -0.3 is 11.1 Å². The van der Waals surface area contributed by atoms with Gasteiger partial charge in [-0.2, -0.15) is 0 Å². The topological polar surface area (TPSA) is 58.4 Å². The van der Waals surface area contributed by atoms with Crippen LogP contribution >= 0.6 is 0 Å². The van der Waals surface area contributed by atoms with E-state index in [1.807, 2.05) is 30.3 Å². The molecule has 0 radical (unpaired) electrons. The van der Waals surface area contributed by atoms with Crippen LogP contribution < -0.4 is 11.1 Å².